The third-order valence-electron chi connectivity index (χ3n) is 4.64. The lowest BCUT2D eigenvalue weighted by Gasteiger charge is -2.27. The number of nitrogens with one attached hydrogen (secondary N) is 2. The number of aryl methyl sites for hydroxylation is 1. The molecular weight excluding hydrogens is 352 g/mol. The summed E-state index contributed by atoms with van der Waals surface area (Å²) < 4.78 is 0.842. The van der Waals surface area contributed by atoms with Crippen LogP contribution >= 0.6 is 23.1 Å². The second-order valence-electron chi connectivity index (χ2n) is 6.70. The van der Waals surface area contributed by atoms with Gasteiger partial charge < -0.3 is 10.6 Å². The van der Waals surface area contributed by atoms with Crippen molar-refractivity contribution in [1.29, 1.82) is 0 Å². The van der Waals surface area contributed by atoms with Crippen molar-refractivity contribution >= 4 is 34.1 Å². The zero-order valence-corrected chi connectivity index (χ0v) is 15.8. The monoisotopic (exact) mass is 374 g/mol. The van der Waals surface area contributed by atoms with Crippen molar-refractivity contribution in [3.8, 4) is 0 Å². The van der Waals surface area contributed by atoms with E-state index >= 15 is 0 Å². The Bertz CT molecular complexity index is 759. The van der Waals surface area contributed by atoms with Gasteiger partial charge in [0.2, 0.25) is 11.0 Å². The smallest absolute Gasteiger partial charge is 0.233 e. The van der Waals surface area contributed by atoms with Gasteiger partial charge in [-0.2, -0.15) is 0 Å². The van der Waals surface area contributed by atoms with E-state index in [4.69, 9.17) is 0 Å². The van der Waals surface area contributed by atoms with Gasteiger partial charge in [-0.3, -0.25) is 4.79 Å². The molecule has 1 amide bonds. The lowest BCUT2D eigenvalue weighted by atomic mass is 9.88. The number of amides is 1. The molecule has 2 aliphatic carbocycles. The molecule has 1 saturated carbocycles. The van der Waals surface area contributed by atoms with Crippen LogP contribution in [0.5, 0.6) is 0 Å². The minimum atomic E-state index is -0.184. The molecule has 7 heteroatoms. The summed E-state index contributed by atoms with van der Waals surface area (Å²) in [6, 6.07) is 9.13. The van der Waals surface area contributed by atoms with E-state index in [2.05, 4.69) is 45.1 Å². The summed E-state index contributed by atoms with van der Waals surface area (Å²) in [5.41, 5.74) is 2.63. The third-order valence-corrected chi connectivity index (χ3v) is 6.68. The van der Waals surface area contributed by atoms with Crippen molar-refractivity contribution in [2.24, 2.45) is 0 Å². The zero-order chi connectivity index (χ0) is 17.2. The SMILES string of the molecule is C[C@@H](Sc1nnc(NC2CC2)s1)C(=O)N[C@H]1CCCc2ccccc21. The first-order chi connectivity index (χ1) is 12.2. The second kappa shape index (κ2) is 7.33. The summed E-state index contributed by atoms with van der Waals surface area (Å²) in [4.78, 5) is 12.6. The number of aromatic nitrogens is 2. The molecule has 0 aliphatic heterocycles. The van der Waals surface area contributed by atoms with Crippen LogP contribution in [0.3, 0.4) is 0 Å². The summed E-state index contributed by atoms with van der Waals surface area (Å²) in [6.45, 7) is 1.93. The van der Waals surface area contributed by atoms with Crippen molar-refractivity contribution in [2.75, 3.05) is 5.32 Å². The summed E-state index contributed by atoms with van der Waals surface area (Å²) in [5, 5.41) is 15.6. The normalized spacial score (nSPS) is 20.6. The van der Waals surface area contributed by atoms with E-state index in [1.807, 2.05) is 6.92 Å². The van der Waals surface area contributed by atoms with E-state index in [0.717, 1.165) is 28.7 Å². The first kappa shape index (κ1) is 16.8. The average molecular weight is 375 g/mol. The zero-order valence-electron chi connectivity index (χ0n) is 14.2. The standard InChI is InChI=1S/C18H22N4OS2/c1-11(24-18-22-21-17(25-18)19-13-9-10-13)16(23)20-15-8-4-6-12-5-2-3-7-14(12)15/h2-3,5,7,11,13,15H,4,6,8-10H2,1H3,(H,19,21)(H,20,23)/t11-,15+/m1/s1. The molecule has 1 fully saturated rings. The molecule has 0 unspecified atom stereocenters. The lowest BCUT2D eigenvalue weighted by molar-refractivity contribution is -0.121. The van der Waals surface area contributed by atoms with E-state index in [0.29, 0.717) is 6.04 Å². The highest BCUT2D eigenvalue weighted by atomic mass is 32.2. The number of carbonyl (C=O) groups excluding carboxylic acids is 1. The summed E-state index contributed by atoms with van der Waals surface area (Å²) in [7, 11) is 0. The molecule has 0 saturated heterocycles. The van der Waals surface area contributed by atoms with Crippen LogP contribution < -0.4 is 10.6 Å². The highest BCUT2D eigenvalue weighted by Gasteiger charge is 2.26. The maximum Gasteiger partial charge on any atom is 0.233 e. The summed E-state index contributed by atoms with van der Waals surface area (Å²) in [5.74, 6) is 0.0682. The molecule has 1 heterocycles. The maximum atomic E-state index is 12.6. The summed E-state index contributed by atoms with van der Waals surface area (Å²) >= 11 is 3.01. The Hall–Kier alpha value is -1.60. The minimum absolute atomic E-state index is 0.0682. The fourth-order valence-electron chi connectivity index (χ4n) is 3.12. The highest BCUT2D eigenvalue weighted by molar-refractivity contribution is 8.02. The minimum Gasteiger partial charge on any atom is -0.357 e. The molecule has 25 heavy (non-hydrogen) atoms. The Morgan fingerprint density at radius 3 is 2.96 bits per heavy atom. The van der Waals surface area contributed by atoms with Crippen LogP contribution in [0.4, 0.5) is 5.13 Å². The van der Waals surface area contributed by atoms with Gasteiger partial charge in [0.15, 0.2) is 4.34 Å². The van der Waals surface area contributed by atoms with Crippen molar-refractivity contribution < 1.29 is 4.79 Å². The second-order valence-corrected chi connectivity index (χ2v) is 9.27. The number of fused-ring (bicyclic) bond motifs is 1. The molecule has 5 nitrogen and oxygen atoms in total. The van der Waals surface area contributed by atoms with E-state index in [1.54, 1.807) is 0 Å². The van der Waals surface area contributed by atoms with Crippen LogP contribution in [0.2, 0.25) is 0 Å². The number of hydrogen-bond donors (Lipinski definition) is 2. The molecule has 4 rings (SSSR count). The fourth-order valence-corrected chi connectivity index (χ4v) is 5.10. The number of anilines is 1. The average Bonchev–Trinajstić information content (AvgIpc) is 3.33. The van der Waals surface area contributed by atoms with Gasteiger partial charge in [-0.25, -0.2) is 0 Å². The van der Waals surface area contributed by atoms with Gasteiger partial charge in [0.25, 0.3) is 0 Å². The molecule has 1 aromatic carbocycles. The molecule has 1 aromatic heterocycles. The van der Waals surface area contributed by atoms with E-state index in [1.165, 1.54) is 47.1 Å². The van der Waals surface area contributed by atoms with Crippen molar-refractivity contribution in [3.05, 3.63) is 35.4 Å². The molecule has 2 aliphatic rings. The Kier molecular flexibility index (Phi) is 4.94. The summed E-state index contributed by atoms with van der Waals surface area (Å²) in [6.07, 6.45) is 5.66. The van der Waals surface area contributed by atoms with Gasteiger partial charge >= 0.3 is 0 Å². The Labute approximate surface area is 156 Å². The number of rotatable bonds is 6. The van der Waals surface area contributed by atoms with E-state index < -0.39 is 0 Å². The molecule has 2 atom stereocenters. The van der Waals surface area contributed by atoms with Crippen LogP contribution in [-0.4, -0.2) is 27.4 Å². The number of benzene rings is 1. The van der Waals surface area contributed by atoms with Crippen LogP contribution in [0.1, 0.15) is 49.8 Å². The lowest BCUT2D eigenvalue weighted by Crippen LogP contribution is -2.35. The molecule has 0 radical (unpaired) electrons. The first-order valence-corrected chi connectivity index (χ1v) is 10.5. The number of hydrogen-bond acceptors (Lipinski definition) is 6. The van der Waals surface area contributed by atoms with Crippen molar-refractivity contribution in [3.63, 3.8) is 0 Å². The Morgan fingerprint density at radius 2 is 2.12 bits per heavy atom. The fraction of sp³-hybridized carbons (Fsp3) is 0.500. The van der Waals surface area contributed by atoms with Crippen LogP contribution in [0.25, 0.3) is 0 Å². The largest absolute Gasteiger partial charge is 0.357 e. The predicted molar refractivity (Wildman–Crippen MR) is 102 cm³/mol. The van der Waals surface area contributed by atoms with Crippen molar-refractivity contribution in [2.45, 2.75) is 60.7 Å². The molecule has 132 valence electrons. The van der Waals surface area contributed by atoms with E-state index in [9.17, 15) is 4.79 Å². The van der Waals surface area contributed by atoms with Crippen molar-refractivity contribution in [1.82, 2.24) is 15.5 Å². The third kappa shape index (κ3) is 4.15. The van der Waals surface area contributed by atoms with Crippen LogP contribution in [0, 0.1) is 0 Å². The topological polar surface area (TPSA) is 66.9 Å². The molecule has 2 N–H and O–H groups in total. The molecule has 0 spiro atoms. The molecule has 0 bridgehead atoms. The van der Waals surface area contributed by atoms with E-state index in [-0.39, 0.29) is 17.2 Å². The van der Waals surface area contributed by atoms with Gasteiger partial charge in [-0.15, -0.1) is 10.2 Å². The quantitative estimate of drug-likeness (QED) is 0.753. The van der Waals surface area contributed by atoms with Crippen LogP contribution in [-0.2, 0) is 11.2 Å². The maximum absolute atomic E-state index is 12.6. The number of nitrogens with zero attached hydrogens (tertiary/aromatic N) is 2. The number of carbonyl (C=O) groups is 1. The number of thioether (sulfide) groups is 1. The Balaban J connectivity index is 1.35. The highest BCUT2D eigenvalue weighted by Crippen LogP contribution is 2.33. The molecule has 2 aromatic rings. The molecular formula is C18H22N4OS2. The Morgan fingerprint density at radius 1 is 1.28 bits per heavy atom. The van der Waals surface area contributed by atoms with Gasteiger partial charge in [0.05, 0.1) is 11.3 Å². The van der Waals surface area contributed by atoms with Gasteiger partial charge in [0, 0.05) is 6.04 Å². The van der Waals surface area contributed by atoms with Gasteiger partial charge in [-0.1, -0.05) is 47.4 Å². The first-order valence-electron chi connectivity index (χ1n) is 8.84. The predicted octanol–water partition coefficient (Wildman–Crippen LogP) is 3.79. The van der Waals surface area contributed by atoms with Gasteiger partial charge in [-0.05, 0) is 50.2 Å². The van der Waals surface area contributed by atoms with Crippen LogP contribution in [0.15, 0.2) is 28.6 Å². The van der Waals surface area contributed by atoms with Gasteiger partial charge in [0.1, 0.15) is 0 Å².